The minimum atomic E-state index is 0.846. The fraction of sp³-hybridized carbons (Fsp3) is 0.0714. The summed E-state index contributed by atoms with van der Waals surface area (Å²) < 4.78 is 2.16. The maximum Gasteiger partial charge on any atom is 0.0651 e. The molecule has 0 saturated carbocycles. The van der Waals surface area contributed by atoms with Crippen molar-refractivity contribution in [1.29, 1.82) is 0 Å². The first-order valence-corrected chi connectivity index (χ1v) is 7.25. The van der Waals surface area contributed by atoms with Gasteiger partial charge in [-0.2, -0.15) is 5.10 Å². The summed E-state index contributed by atoms with van der Waals surface area (Å²) in [7, 11) is 0. The fourth-order valence-electron chi connectivity index (χ4n) is 1.55. The molecule has 0 saturated heterocycles. The van der Waals surface area contributed by atoms with Crippen LogP contribution in [0.1, 0.15) is 5.56 Å². The molecule has 3 nitrogen and oxygen atoms in total. The maximum atomic E-state index is 5.57. The number of anilines is 1. The number of aromatic amines is 1. The van der Waals surface area contributed by atoms with Gasteiger partial charge in [-0.1, -0.05) is 31.9 Å². The Balaban J connectivity index is 0.000000141. The lowest BCUT2D eigenvalue weighted by molar-refractivity contribution is 1.12. The molecule has 98 valence electrons. The zero-order chi connectivity index (χ0) is 13.8. The molecule has 1 aromatic heterocycles. The van der Waals surface area contributed by atoms with Gasteiger partial charge in [0.25, 0.3) is 0 Å². The Morgan fingerprint density at radius 1 is 1.05 bits per heavy atom. The number of nitrogens with zero attached hydrogens (tertiary/aromatic N) is 1. The van der Waals surface area contributed by atoms with Gasteiger partial charge >= 0.3 is 0 Å². The Bertz CT molecular complexity index is 692. The van der Waals surface area contributed by atoms with Crippen LogP contribution >= 0.6 is 31.9 Å². The number of aromatic nitrogens is 2. The maximum absolute atomic E-state index is 5.57. The van der Waals surface area contributed by atoms with Gasteiger partial charge in [0.15, 0.2) is 0 Å². The number of rotatable bonds is 0. The first kappa shape index (κ1) is 14.1. The number of benzene rings is 2. The molecule has 0 aliphatic heterocycles. The normalized spacial score (nSPS) is 10.1. The molecule has 0 aliphatic rings. The topological polar surface area (TPSA) is 54.7 Å². The third-order valence-corrected chi connectivity index (χ3v) is 3.62. The second kappa shape index (κ2) is 6.21. The second-order valence-corrected chi connectivity index (χ2v) is 5.93. The summed E-state index contributed by atoms with van der Waals surface area (Å²) in [6.07, 6.45) is 1.81. The smallest absolute Gasteiger partial charge is 0.0651 e. The molecule has 0 aliphatic carbocycles. The summed E-state index contributed by atoms with van der Waals surface area (Å²) in [5.74, 6) is 0. The lowest BCUT2D eigenvalue weighted by atomic mass is 10.2. The zero-order valence-electron chi connectivity index (χ0n) is 10.3. The standard InChI is InChI=1S/C7H5BrN2.C7H8BrN/c8-6-1-2-7-5(3-6)4-9-10-7;1-5-4-6(8)2-3-7(5)9/h1-4H,(H,9,10);2-4H,9H2,1H3. The quantitative estimate of drug-likeness (QED) is 0.555. The van der Waals surface area contributed by atoms with Crippen molar-refractivity contribution in [2.45, 2.75) is 6.92 Å². The Morgan fingerprint density at radius 3 is 2.42 bits per heavy atom. The van der Waals surface area contributed by atoms with E-state index in [0.29, 0.717) is 0 Å². The number of fused-ring (bicyclic) bond motifs is 1. The first-order valence-electron chi connectivity index (χ1n) is 5.66. The second-order valence-electron chi connectivity index (χ2n) is 4.10. The van der Waals surface area contributed by atoms with E-state index in [4.69, 9.17) is 5.73 Å². The van der Waals surface area contributed by atoms with Crippen molar-refractivity contribution < 1.29 is 0 Å². The zero-order valence-corrected chi connectivity index (χ0v) is 13.5. The van der Waals surface area contributed by atoms with E-state index in [9.17, 15) is 0 Å². The van der Waals surface area contributed by atoms with Crippen LogP contribution < -0.4 is 5.73 Å². The first-order chi connectivity index (χ1) is 9.06. The highest BCUT2D eigenvalue weighted by Gasteiger charge is 1.93. The average Bonchev–Trinajstić information content (AvgIpc) is 2.82. The van der Waals surface area contributed by atoms with Gasteiger partial charge in [-0.3, -0.25) is 5.10 Å². The Labute approximate surface area is 128 Å². The molecule has 0 atom stereocenters. The highest BCUT2D eigenvalue weighted by molar-refractivity contribution is 9.10. The molecule has 2 aromatic carbocycles. The van der Waals surface area contributed by atoms with Crippen LogP contribution in [0.25, 0.3) is 10.9 Å². The molecule has 1 heterocycles. The summed E-state index contributed by atoms with van der Waals surface area (Å²) in [6, 6.07) is 11.8. The molecular formula is C14H13Br2N3. The number of aryl methyl sites for hydroxylation is 1. The van der Waals surface area contributed by atoms with E-state index in [1.165, 1.54) is 0 Å². The minimum absolute atomic E-state index is 0.846. The van der Waals surface area contributed by atoms with Crippen LogP contribution in [0.5, 0.6) is 0 Å². The van der Waals surface area contributed by atoms with E-state index in [-0.39, 0.29) is 0 Å². The van der Waals surface area contributed by atoms with E-state index in [0.717, 1.165) is 31.1 Å². The van der Waals surface area contributed by atoms with Crippen molar-refractivity contribution in [2.75, 3.05) is 5.73 Å². The van der Waals surface area contributed by atoms with Gasteiger partial charge in [-0.15, -0.1) is 0 Å². The van der Waals surface area contributed by atoms with Crippen molar-refractivity contribution in [3.8, 4) is 0 Å². The largest absolute Gasteiger partial charge is 0.399 e. The Kier molecular flexibility index (Phi) is 4.61. The summed E-state index contributed by atoms with van der Waals surface area (Å²) in [5.41, 5.74) is 8.60. The molecule has 0 fully saturated rings. The SMILES string of the molecule is Brc1ccc2[nH]ncc2c1.Cc1cc(Br)ccc1N. The molecule has 3 N–H and O–H groups in total. The number of H-pyrrole nitrogens is 1. The number of hydrogen-bond donors (Lipinski definition) is 2. The number of nitrogen functional groups attached to an aromatic ring is 1. The van der Waals surface area contributed by atoms with Crippen LogP contribution in [0.4, 0.5) is 5.69 Å². The number of hydrogen-bond acceptors (Lipinski definition) is 2. The molecule has 0 unspecified atom stereocenters. The predicted molar refractivity (Wildman–Crippen MR) is 87.1 cm³/mol. The number of nitrogens with one attached hydrogen (secondary N) is 1. The lowest BCUT2D eigenvalue weighted by Gasteiger charge is -1.97. The van der Waals surface area contributed by atoms with Crippen LogP contribution in [-0.4, -0.2) is 10.2 Å². The van der Waals surface area contributed by atoms with Crippen LogP contribution in [0, 0.1) is 6.92 Å². The fourth-order valence-corrected chi connectivity index (χ4v) is 2.41. The summed E-state index contributed by atoms with van der Waals surface area (Å²) >= 11 is 6.72. The minimum Gasteiger partial charge on any atom is -0.399 e. The van der Waals surface area contributed by atoms with Gasteiger partial charge in [-0.05, 0) is 48.9 Å². The van der Waals surface area contributed by atoms with Crippen molar-refractivity contribution in [3.63, 3.8) is 0 Å². The summed E-state index contributed by atoms with van der Waals surface area (Å²) in [5, 5.41) is 7.91. The van der Waals surface area contributed by atoms with E-state index in [2.05, 4.69) is 42.1 Å². The van der Waals surface area contributed by atoms with Gasteiger partial charge < -0.3 is 5.73 Å². The van der Waals surface area contributed by atoms with E-state index < -0.39 is 0 Å². The number of halogens is 2. The monoisotopic (exact) mass is 381 g/mol. The van der Waals surface area contributed by atoms with E-state index in [1.807, 2.05) is 43.3 Å². The Hall–Kier alpha value is -1.33. The van der Waals surface area contributed by atoms with Gasteiger partial charge in [-0.25, -0.2) is 0 Å². The van der Waals surface area contributed by atoms with Crippen molar-refractivity contribution >= 4 is 48.5 Å². The predicted octanol–water partition coefficient (Wildman–Crippen LogP) is 4.67. The highest BCUT2D eigenvalue weighted by atomic mass is 79.9. The molecule has 3 aromatic rings. The molecule has 0 spiro atoms. The third kappa shape index (κ3) is 3.81. The molecule has 19 heavy (non-hydrogen) atoms. The summed E-state index contributed by atoms with van der Waals surface area (Å²) in [6.45, 7) is 1.99. The summed E-state index contributed by atoms with van der Waals surface area (Å²) in [4.78, 5) is 0. The third-order valence-electron chi connectivity index (χ3n) is 2.63. The van der Waals surface area contributed by atoms with E-state index >= 15 is 0 Å². The molecule has 0 bridgehead atoms. The molecule has 0 radical (unpaired) electrons. The van der Waals surface area contributed by atoms with Gasteiger partial charge in [0.1, 0.15) is 0 Å². The Morgan fingerprint density at radius 2 is 1.74 bits per heavy atom. The van der Waals surface area contributed by atoms with Crippen molar-refractivity contribution in [1.82, 2.24) is 10.2 Å². The average molecular weight is 383 g/mol. The molecule has 5 heteroatoms. The van der Waals surface area contributed by atoms with Gasteiger partial charge in [0.2, 0.25) is 0 Å². The van der Waals surface area contributed by atoms with Crippen LogP contribution in [-0.2, 0) is 0 Å². The molecule has 3 rings (SSSR count). The van der Waals surface area contributed by atoms with Crippen LogP contribution in [0.15, 0.2) is 51.5 Å². The lowest BCUT2D eigenvalue weighted by Crippen LogP contribution is -1.87. The van der Waals surface area contributed by atoms with Crippen LogP contribution in [0.3, 0.4) is 0 Å². The van der Waals surface area contributed by atoms with Gasteiger partial charge in [0, 0.05) is 20.0 Å². The van der Waals surface area contributed by atoms with Crippen molar-refractivity contribution in [3.05, 3.63) is 57.1 Å². The molecular weight excluding hydrogens is 370 g/mol. The number of nitrogens with two attached hydrogens (primary N) is 1. The van der Waals surface area contributed by atoms with Crippen molar-refractivity contribution in [2.24, 2.45) is 0 Å². The van der Waals surface area contributed by atoms with Crippen LogP contribution in [0.2, 0.25) is 0 Å². The van der Waals surface area contributed by atoms with Gasteiger partial charge in [0.05, 0.1) is 11.7 Å². The van der Waals surface area contributed by atoms with E-state index in [1.54, 1.807) is 6.20 Å². The highest BCUT2D eigenvalue weighted by Crippen LogP contribution is 2.17. The molecule has 0 amide bonds.